The predicted molar refractivity (Wildman–Crippen MR) is 91.7 cm³/mol. The molecule has 1 aliphatic carbocycles. The van der Waals surface area contributed by atoms with Crippen LogP contribution in [0.5, 0.6) is 0 Å². The Balaban J connectivity index is 0.00000110. The lowest BCUT2D eigenvalue weighted by molar-refractivity contribution is 0.602. The topological polar surface area (TPSA) is 40.7 Å². The highest BCUT2D eigenvalue weighted by atomic mass is 35.5. The van der Waals surface area contributed by atoms with Crippen LogP contribution < -0.4 is 5.32 Å². The Bertz CT molecular complexity index is 513. The molecule has 1 heterocycles. The maximum Gasteiger partial charge on any atom is 0.0921 e. The van der Waals surface area contributed by atoms with E-state index in [0.717, 1.165) is 24.0 Å². The van der Waals surface area contributed by atoms with Crippen LogP contribution >= 0.6 is 36.4 Å². The number of H-pyrrole nitrogens is 1. The van der Waals surface area contributed by atoms with E-state index in [9.17, 15) is 0 Å². The molecule has 1 fully saturated rings. The number of aromatic amines is 1. The predicted octanol–water partition coefficient (Wildman–Crippen LogP) is 4.19. The van der Waals surface area contributed by atoms with Gasteiger partial charge in [0.05, 0.1) is 6.33 Å². The van der Waals surface area contributed by atoms with Crippen molar-refractivity contribution in [3.05, 3.63) is 53.1 Å². The summed E-state index contributed by atoms with van der Waals surface area (Å²) in [6.45, 7) is 1.98. The fourth-order valence-corrected chi connectivity index (χ4v) is 2.67. The van der Waals surface area contributed by atoms with Crippen LogP contribution in [0.1, 0.15) is 30.0 Å². The smallest absolute Gasteiger partial charge is 0.0921 e. The van der Waals surface area contributed by atoms with Crippen molar-refractivity contribution in [2.45, 2.75) is 25.3 Å². The van der Waals surface area contributed by atoms with Gasteiger partial charge in [-0.1, -0.05) is 23.7 Å². The van der Waals surface area contributed by atoms with Gasteiger partial charge in [0.25, 0.3) is 0 Å². The molecule has 21 heavy (non-hydrogen) atoms. The average Bonchev–Trinajstić information content (AvgIpc) is 2.98. The number of hydrogen-bond donors (Lipinski definition) is 2. The minimum absolute atomic E-state index is 0. The summed E-state index contributed by atoms with van der Waals surface area (Å²) in [7, 11) is 0. The van der Waals surface area contributed by atoms with Gasteiger partial charge < -0.3 is 10.3 Å². The molecule has 3 nitrogen and oxygen atoms in total. The normalized spacial score (nSPS) is 19.5. The fraction of sp³-hybridized carbons (Fsp3) is 0.400. The van der Waals surface area contributed by atoms with Crippen LogP contribution in [0.3, 0.4) is 0 Å². The summed E-state index contributed by atoms with van der Waals surface area (Å²) in [4.78, 5) is 7.29. The van der Waals surface area contributed by atoms with Gasteiger partial charge in [-0.15, -0.1) is 24.8 Å². The molecule has 2 N–H and O–H groups in total. The van der Waals surface area contributed by atoms with Crippen molar-refractivity contribution in [3.8, 4) is 0 Å². The van der Waals surface area contributed by atoms with Crippen molar-refractivity contribution >= 4 is 36.4 Å². The van der Waals surface area contributed by atoms with Crippen LogP contribution in [-0.4, -0.2) is 16.5 Å². The Hall–Kier alpha value is -0.740. The highest BCUT2D eigenvalue weighted by Crippen LogP contribution is 2.48. The summed E-state index contributed by atoms with van der Waals surface area (Å²) in [5.41, 5.74) is 2.58. The van der Waals surface area contributed by atoms with Gasteiger partial charge in [0.15, 0.2) is 0 Å². The molecule has 0 aliphatic heterocycles. The van der Waals surface area contributed by atoms with E-state index in [4.69, 9.17) is 11.6 Å². The van der Waals surface area contributed by atoms with Gasteiger partial charge in [0.1, 0.15) is 0 Å². The lowest BCUT2D eigenvalue weighted by atomic mass is 10.2. The molecule has 0 unspecified atom stereocenters. The number of imidazole rings is 1. The van der Waals surface area contributed by atoms with Crippen molar-refractivity contribution < 1.29 is 0 Å². The maximum atomic E-state index is 5.86. The highest BCUT2D eigenvalue weighted by molar-refractivity contribution is 6.30. The first kappa shape index (κ1) is 18.3. The molecule has 1 aromatic heterocycles. The largest absolute Gasteiger partial charge is 0.348 e. The van der Waals surface area contributed by atoms with Crippen LogP contribution in [0.4, 0.5) is 0 Å². The van der Waals surface area contributed by atoms with Crippen LogP contribution in [0.25, 0.3) is 0 Å². The minimum atomic E-state index is 0. The first-order chi connectivity index (χ1) is 9.33. The second-order valence-corrected chi connectivity index (χ2v) is 5.64. The molecule has 0 radical (unpaired) electrons. The molecular formula is C15H20Cl3N3. The van der Waals surface area contributed by atoms with Crippen molar-refractivity contribution in [2.75, 3.05) is 6.54 Å². The van der Waals surface area contributed by atoms with Crippen LogP contribution in [0, 0.1) is 5.92 Å². The monoisotopic (exact) mass is 347 g/mol. The standard InChI is InChI=1S/C15H18ClN3.2ClH/c16-13-3-1-11(2-4-13)8-17-6-5-12-7-14(12)15-9-18-10-19-15;;/h1-4,9-10,12,14,17H,5-8H2,(H,18,19);2*1H/t12-,14+;;/m0../s1. The summed E-state index contributed by atoms with van der Waals surface area (Å²) in [6.07, 6.45) is 6.25. The molecule has 0 bridgehead atoms. The summed E-state index contributed by atoms with van der Waals surface area (Å²) < 4.78 is 0. The Morgan fingerprint density at radius 2 is 2.00 bits per heavy atom. The lowest BCUT2D eigenvalue weighted by Gasteiger charge is -2.04. The molecule has 0 saturated heterocycles. The van der Waals surface area contributed by atoms with Gasteiger partial charge in [-0.25, -0.2) is 4.98 Å². The first-order valence-electron chi connectivity index (χ1n) is 6.76. The Morgan fingerprint density at radius 1 is 1.24 bits per heavy atom. The first-order valence-corrected chi connectivity index (χ1v) is 7.14. The molecule has 0 amide bonds. The number of hydrogen-bond acceptors (Lipinski definition) is 2. The molecule has 6 heteroatoms. The summed E-state index contributed by atoms with van der Waals surface area (Å²) in [5.74, 6) is 1.53. The van der Waals surface area contributed by atoms with Crippen LogP contribution in [-0.2, 0) is 6.54 Å². The highest BCUT2D eigenvalue weighted by Gasteiger charge is 2.38. The van der Waals surface area contributed by atoms with Gasteiger partial charge in [0.2, 0.25) is 0 Å². The Morgan fingerprint density at radius 3 is 2.67 bits per heavy atom. The van der Waals surface area contributed by atoms with Crippen molar-refractivity contribution in [1.29, 1.82) is 0 Å². The van der Waals surface area contributed by atoms with Gasteiger partial charge in [-0.05, 0) is 43.0 Å². The number of nitrogens with one attached hydrogen (secondary N) is 2. The molecular weight excluding hydrogens is 329 g/mol. The molecule has 0 spiro atoms. The van der Waals surface area contributed by atoms with Crippen molar-refractivity contribution in [2.24, 2.45) is 5.92 Å². The number of rotatable bonds is 6. The van der Waals surface area contributed by atoms with Crippen LogP contribution in [0.15, 0.2) is 36.8 Å². The van der Waals surface area contributed by atoms with E-state index < -0.39 is 0 Å². The molecule has 1 aliphatic rings. The third kappa shape index (κ3) is 5.19. The SMILES string of the molecule is Cl.Cl.Clc1ccc(CNCC[C@H]2C[C@H]2c2cnc[nH]2)cc1. The van der Waals surface area contributed by atoms with Crippen molar-refractivity contribution in [3.63, 3.8) is 0 Å². The zero-order chi connectivity index (χ0) is 13.1. The maximum absolute atomic E-state index is 5.86. The molecule has 2 atom stereocenters. The van der Waals surface area contributed by atoms with E-state index in [2.05, 4.69) is 27.4 Å². The molecule has 1 saturated carbocycles. The minimum Gasteiger partial charge on any atom is -0.348 e. The Kier molecular flexibility index (Phi) is 7.53. The quantitative estimate of drug-likeness (QED) is 0.768. The summed E-state index contributed by atoms with van der Waals surface area (Å²) >= 11 is 5.86. The van der Waals surface area contributed by atoms with Gasteiger partial charge in [-0.2, -0.15) is 0 Å². The zero-order valence-electron chi connectivity index (χ0n) is 11.6. The van der Waals surface area contributed by atoms with Gasteiger partial charge >= 0.3 is 0 Å². The molecule has 2 aromatic rings. The van der Waals surface area contributed by atoms with E-state index in [0.29, 0.717) is 5.92 Å². The van der Waals surface area contributed by atoms with Gasteiger partial charge in [-0.3, -0.25) is 0 Å². The van der Waals surface area contributed by atoms with E-state index in [-0.39, 0.29) is 24.8 Å². The van der Waals surface area contributed by atoms with E-state index in [1.807, 2.05) is 18.3 Å². The zero-order valence-corrected chi connectivity index (χ0v) is 14.0. The fourth-order valence-electron chi connectivity index (χ4n) is 2.54. The molecule has 3 rings (SSSR count). The van der Waals surface area contributed by atoms with Gasteiger partial charge in [0, 0.05) is 29.4 Å². The third-order valence-corrected chi connectivity index (χ3v) is 4.03. The van der Waals surface area contributed by atoms with Crippen LogP contribution in [0.2, 0.25) is 5.02 Å². The number of nitrogens with zero attached hydrogens (tertiary/aromatic N) is 1. The Labute approximate surface area is 142 Å². The molecule has 1 aromatic carbocycles. The number of halogens is 3. The lowest BCUT2D eigenvalue weighted by Crippen LogP contribution is -2.15. The number of aromatic nitrogens is 2. The van der Waals surface area contributed by atoms with E-state index >= 15 is 0 Å². The summed E-state index contributed by atoms with van der Waals surface area (Å²) in [5, 5.41) is 4.28. The average molecular weight is 349 g/mol. The second kappa shape index (κ2) is 8.64. The summed E-state index contributed by atoms with van der Waals surface area (Å²) in [6, 6.07) is 8.02. The van der Waals surface area contributed by atoms with E-state index in [1.165, 1.54) is 24.1 Å². The second-order valence-electron chi connectivity index (χ2n) is 5.20. The number of benzene rings is 1. The van der Waals surface area contributed by atoms with E-state index in [1.54, 1.807) is 6.33 Å². The molecule has 116 valence electrons. The van der Waals surface area contributed by atoms with Crippen molar-refractivity contribution in [1.82, 2.24) is 15.3 Å². The third-order valence-electron chi connectivity index (χ3n) is 3.78.